The van der Waals surface area contributed by atoms with E-state index in [9.17, 15) is 9.59 Å². The van der Waals surface area contributed by atoms with E-state index in [0.29, 0.717) is 32.9 Å². The highest BCUT2D eigenvalue weighted by molar-refractivity contribution is 7.20. The Labute approximate surface area is 120 Å². The third kappa shape index (κ3) is 2.21. The minimum atomic E-state index is -0.537. The Morgan fingerprint density at radius 2 is 2.25 bits per heavy atom. The molecule has 0 aliphatic heterocycles. The lowest BCUT2D eigenvalue weighted by Gasteiger charge is -2.08. The van der Waals surface area contributed by atoms with Gasteiger partial charge in [0.25, 0.3) is 11.5 Å². The molecule has 0 saturated carbocycles. The van der Waals surface area contributed by atoms with Crippen LogP contribution in [0.15, 0.2) is 4.79 Å². The van der Waals surface area contributed by atoms with Crippen LogP contribution in [0, 0.1) is 19.3 Å². The van der Waals surface area contributed by atoms with Gasteiger partial charge in [-0.05, 0) is 18.9 Å². The Balaban J connectivity index is 2.84. The van der Waals surface area contributed by atoms with Crippen molar-refractivity contribution in [1.82, 2.24) is 9.55 Å². The van der Waals surface area contributed by atoms with Gasteiger partial charge in [-0.15, -0.1) is 17.8 Å². The van der Waals surface area contributed by atoms with Crippen molar-refractivity contribution in [2.24, 2.45) is 5.73 Å². The number of aryl methyl sites for hydroxylation is 2. The zero-order valence-electron chi connectivity index (χ0n) is 11.4. The van der Waals surface area contributed by atoms with Crippen LogP contribution in [0.3, 0.4) is 0 Å². The van der Waals surface area contributed by atoms with Gasteiger partial charge in [-0.1, -0.05) is 12.8 Å². The molecule has 2 heterocycles. The maximum Gasteiger partial charge on any atom is 0.263 e. The van der Waals surface area contributed by atoms with Crippen LogP contribution in [0.1, 0.15) is 34.4 Å². The second-order valence-electron chi connectivity index (χ2n) is 4.47. The van der Waals surface area contributed by atoms with Gasteiger partial charge in [0.05, 0.1) is 16.8 Å². The standard InChI is InChI=1S/C14H15N3O2S/c1-4-6-9-16-13-10(14(19)17(9)7-5-2)8(3)11(20-13)12(15)18/h2H,4,6-7H2,1,3H3,(H2,15,18). The predicted octanol–water partition coefficient (Wildman–Crippen LogP) is 1.45. The van der Waals surface area contributed by atoms with Crippen LogP contribution in [-0.4, -0.2) is 15.5 Å². The summed E-state index contributed by atoms with van der Waals surface area (Å²) < 4.78 is 1.50. The molecule has 2 rings (SSSR count). The molecule has 1 amide bonds. The van der Waals surface area contributed by atoms with E-state index in [-0.39, 0.29) is 12.1 Å². The molecule has 20 heavy (non-hydrogen) atoms. The molecule has 0 aliphatic carbocycles. The molecule has 0 saturated heterocycles. The van der Waals surface area contributed by atoms with Gasteiger partial charge >= 0.3 is 0 Å². The highest BCUT2D eigenvalue weighted by atomic mass is 32.1. The lowest BCUT2D eigenvalue weighted by molar-refractivity contribution is 0.100. The zero-order chi connectivity index (χ0) is 14.9. The lowest BCUT2D eigenvalue weighted by atomic mass is 10.2. The van der Waals surface area contributed by atoms with Crippen molar-refractivity contribution >= 4 is 27.5 Å². The van der Waals surface area contributed by atoms with E-state index in [1.807, 2.05) is 6.92 Å². The number of nitrogens with two attached hydrogens (primary N) is 1. The first-order valence-corrected chi connectivity index (χ1v) is 7.09. The van der Waals surface area contributed by atoms with Crippen molar-refractivity contribution in [3.05, 3.63) is 26.6 Å². The Kier molecular flexibility index (Phi) is 3.91. The van der Waals surface area contributed by atoms with Gasteiger partial charge in [-0.2, -0.15) is 0 Å². The number of carbonyl (C=O) groups is 1. The quantitative estimate of drug-likeness (QED) is 0.865. The fraction of sp³-hybridized carbons (Fsp3) is 0.357. The summed E-state index contributed by atoms with van der Waals surface area (Å²) in [5.41, 5.74) is 5.71. The van der Waals surface area contributed by atoms with Gasteiger partial charge < -0.3 is 5.73 Å². The molecular weight excluding hydrogens is 274 g/mol. The lowest BCUT2D eigenvalue weighted by Crippen LogP contribution is -2.25. The van der Waals surface area contributed by atoms with Crippen LogP contribution in [0.4, 0.5) is 0 Å². The smallest absolute Gasteiger partial charge is 0.263 e. The highest BCUT2D eigenvalue weighted by Crippen LogP contribution is 2.27. The van der Waals surface area contributed by atoms with E-state index in [2.05, 4.69) is 10.9 Å². The van der Waals surface area contributed by atoms with Crippen LogP contribution < -0.4 is 11.3 Å². The molecule has 0 bridgehead atoms. The van der Waals surface area contributed by atoms with Crippen LogP contribution in [-0.2, 0) is 13.0 Å². The first kappa shape index (κ1) is 14.3. The van der Waals surface area contributed by atoms with E-state index in [4.69, 9.17) is 12.2 Å². The number of rotatable bonds is 4. The Morgan fingerprint density at radius 1 is 1.55 bits per heavy atom. The normalized spacial score (nSPS) is 10.7. The van der Waals surface area contributed by atoms with E-state index in [0.717, 1.165) is 17.8 Å². The summed E-state index contributed by atoms with van der Waals surface area (Å²) in [5, 5.41) is 0.443. The topological polar surface area (TPSA) is 78.0 Å². The molecule has 5 nitrogen and oxygen atoms in total. The molecule has 0 fully saturated rings. The number of aromatic nitrogens is 2. The second-order valence-corrected chi connectivity index (χ2v) is 5.47. The largest absolute Gasteiger partial charge is 0.365 e. The molecule has 0 aromatic carbocycles. The minimum absolute atomic E-state index is 0.179. The zero-order valence-corrected chi connectivity index (χ0v) is 12.2. The molecule has 0 unspecified atom stereocenters. The van der Waals surface area contributed by atoms with Crippen molar-refractivity contribution in [3.8, 4) is 12.3 Å². The average molecular weight is 289 g/mol. The van der Waals surface area contributed by atoms with E-state index >= 15 is 0 Å². The summed E-state index contributed by atoms with van der Waals surface area (Å²) >= 11 is 1.16. The maximum atomic E-state index is 12.6. The van der Waals surface area contributed by atoms with Crippen LogP contribution in [0.25, 0.3) is 10.2 Å². The number of terminal acetylenes is 1. The van der Waals surface area contributed by atoms with E-state index in [1.54, 1.807) is 6.92 Å². The summed E-state index contributed by atoms with van der Waals surface area (Å²) in [6.45, 7) is 3.89. The average Bonchev–Trinajstić information content (AvgIpc) is 2.72. The number of hydrogen-bond donors (Lipinski definition) is 1. The number of hydrogen-bond acceptors (Lipinski definition) is 4. The number of thiophene rings is 1. The summed E-state index contributed by atoms with van der Waals surface area (Å²) in [7, 11) is 0. The molecule has 0 aliphatic rings. The van der Waals surface area contributed by atoms with E-state index < -0.39 is 5.91 Å². The Bertz CT molecular complexity index is 780. The van der Waals surface area contributed by atoms with Crippen molar-refractivity contribution in [1.29, 1.82) is 0 Å². The maximum absolute atomic E-state index is 12.6. The molecule has 6 heteroatoms. The predicted molar refractivity (Wildman–Crippen MR) is 80.0 cm³/mol. The molecule has 104 valence electrons. The van der Waals surface area contributed by atoms with Gasteiger partial charge in [0.2, 0.25) is 0 Å². The molecule has 2 aromatic heterocycles. The first-order chi connectivity index (χ1) is 9.51. The molecular formula is C14H15N3O2S. The molecule has 2 N–H and O–H groups in total. The monoisotopic (exact) mass is 289 g/mol. The van der Waals surface area contributed by atoms with Crippen molar-refractivity contribution in [2.45, 2.75) is 33.2 Å². The minimum Gasteiger partial charge on any atom is -0.365 e. The summed E-state index contributed by atoms with van der Waals surface area (Å²) in [6.07, 6.45) is 6.84. The molecule has 2 aromatic rings. The van der Waals surface area contributed by atoms with Gasteiger partial charge in [-0.25, -0.2) is 4.98 Å². The fourth-order valence-electron chi connectivity index (χ4n) is 2.16. The number of amides is 1. The Hall–Kier alpha value is -2.13. The van der Waals surface area contributed by atoms with Gasteiger partial charge in [0.1, 0.15) is 10.7 Å². The number of fused-ring (bicyclic) bond motifs is 1. The highest BCUT2D eigenvalue weighted by Gasteiger charge is 2.19. The molecule has 0 atom stereocenters. The Morgan fingerprint density at radius 3 is 2.80 bits per heavy atom. The second kappa shape index (κ2) is 5.47. The summed E-state index contributed by atoms with van der Waals surface area (Å²) in [4.78, 5) is 29.4. The van der Waals surface area contributed by atoms with Crippen molar-refractivity contribution in [3.63, 3.8) is 0 Å². The van der Waals surface area contributed by atoms with Crippen LogP contribution >= 0.6 is 11.3 Å². The van der Waals surface area contributed by atoms with Gasteiger partial charge in [-0.3, -0.25) is 14.2 Å². The molecule has 0 spiro atoms. The van der Waals surface area contributed by atoms with Gasteiger partial charge in [0, 0.05) is 6.42 Å². The summed E-state index contributed by atoms with van der Waals surface area (Å²) in [6, 6.07) is 0. The number of primary amides is 1. The summed E-state index contributed by atoms with van der Waals surface area (Å²) in [5.74, 6) is 2.59. The van der Waals surface area contributed by atoms with E-state index in [1.165, 1.54) is 4.57 Å². The van der Waals surface area contributed by atoms with Crippen molar-refractivity contribution < 1.29 is 4.79 Å². The van der Waals surface area contributed by atoms with Crippen LogP contribution in [0.2, 0.25) is 0 Å². The fourth-order valence-corrected chi connectivity index (χ4v) is 3.21. The molecule has 0 radical (unpaired) electrons. The van der Waals surface area contributed by atoms with Crippen molar-refractivity contribution in [2.75, 3.05) is 0 Å². The third-order valence-corrected chi connectivity index (χ3v) is 4.28. The number of carbonyl (C=O) groups excluding carboxylic acids is 1. The third-order valence-electron chi connectivity index (χ3n) is 3.08. The first-order valence-electron chi connectivity index (χ1n) is 6.27. The SMILES string of the molecule is C#CCn1c(CCC)nc2sc(C(N)=O)c(C)c2c1=O. The van der Waals surface area contributed by atoms with Crippen LogP contribution in [0.5, 0.6) is 0 Å². The van der Waals surface area contributed by atoms with Gasteiger partial charge in [0.15, 0.2) is 0 Å². The number of nitrogens with zero attached hydrogens (tertiary/aromatic N) is 2.